The minimum atomic E-state index is -0.329. The van der Waals surface area contributed by atoms with Gasteiger partial charge in [0, 0.05) is 18.3 Å². The van der Waals surface area contributed by atoms with Gasteiger partial charge in [0.2, 0.25) is 5.91 Å². The molecule has 8 heteroatoms. The van der Waals surface area contributed by atoms with Gasteiger partial charge < -0.3 is 15.2 Å². The number of nitrogens with zero attached hydrogens (tertiary/aromatic N) is 3. The van der Waals surface area contributed by atoms with Crippen molar-refractivity contribution in [3.8, 4) is 0 Å². The zero-order chi connectivity index (χ0) is 22.5. The van der Waals surface area contributed by atoms with Crippen LogP contribution in [0.3, 0.4) is 0 Å². The van der Waals surface area contributed by atoms with Crippen LogP contribution in [0, 0.1) is 20.8 Å². The van der Waals surface area contributed by atoms with Gasteiger partial charge in [0.05, 0.1) is 11.8 Å². The third-order valence-electron chi connectivity index (χ3n) is 4.91. The van der Waals surface area contributed by atoms with E-state index in [9.17, 15) is 9.59 Å². The van der Waals surface area contributed by atoms with E-state index in [1.165, 1.54) is 11.8 Å². The van der Waals surface area contributed by atoms with Crippen molar-refractivity contribution < 1.29 is 9.59 Å². The number of rotatable bonds is 7. The van der Waals surface area contributed by atoms with Crippen molar-refractivity contribution >= 4 is 29.3 Å². The minimum Gasteiger partial charge on any atom is -0.342 e. The molecule has 3 aromatic rings. The van der Waals surface area contributed by atoms with Crippen LogP contribution in [0.4, 0.5) is 5.69 Å². The van der Waals surface area contributed by atoms with Crippen LogP contribution in [0.15, 0.2) is 47.6 Å². The normalized spacial score (nSPS) is 11.8. The first-order chi connectivity index (χ1) is 14.7. The van der Waals surface area contributed by atoms with Gasteiger partial charge in [0.15, 0.2) is 11.0 Å². The topological polar surface area (TPSA) is 88.9 Å². The summed E-state index contributed by atoms with van der Waals surface area (Å²) in [4.78, 5) is 24.8. The molecule has 2 aromatic carbocycles. The number of carbonyl (C=O) groups excluding carboxylic acids is 2. The summed E-state index contributed by atoms with van der Waals surface area (Å²) in [6.07, 6.45) is 0. The first-order valence-corrected chi connectivity index (χ1v) is 11.0. The molecule has 7 nitrogen and oxygen atoms in total. The molecule has 0 aliphatic rings. The first-order valence-electron chi connectivity index (χ1n) is 10.0. The summed E-state index contributed by atoms with van der Waals surface area (Å²) < 4.78 is 1.80. The lowest BCUT2D eigenvalue weighted by molar-refractivity contribution is -0.113. The predicted octanol–water partition coefficient (Wildman–Crippen LogP) is 3.96. The zero-order valence-corrected chi connectivity index (χ0v) is 19.2. The fourth-order valence-electron chi connectivity index (χ4n) is 3.15. The maximum atomic E-state index is 12.5. The number of nitrogens with one attached hydrogen (secondary N) is 2. The van der Waals surface area contributed by atoms with E-state index in [0.717, 1.165) is 22.4 Å². The van der Waals surface area contributed by atoms with Crippen LogP contribution < -0.4 is 10.6 Å². The lowest BCUT2D eigenvalue weighted by Crippen LogP contribution is -2.28. The van der Waals surface area contributed by atoms with Crippen LogP contribution >= 0.6 is 11.8 Å². The van der Waals surface area contributed by atoms with Crippen LogP contribution in [-0.4, -0.2) is 32.3 Å². The van der Waals surface area contributed by atoms with Crippen molar-refractivity contribution in [2.75, 3.05) is 11.1 Å². The molecule has 2 N–H and O–H groups in total. The Kier molecular flexibility index (Phi) is 7.12. The monoisotopic (exact) mass is 437 g/mol. The van der Waals surface area contributed by atoms with Crippen LogP contribution in [0.5, 0.6) is 0 Å². The second-order valence-corrected chi connectivity index (χ2v) is 8.56. The second kappa shape index (κ2) is 9.78. The minimum absolute atomic E-state index is 0.109. The molecule has 0 radical (unpaired) electrons. The Balaban J connectivity index is 1.58. The Labute approximate surface area is 186 Å². The molecular weight excluding hydrogens is 410 g/mol. The molecule has 0 fully saturated rings. The maximum absolute atomic E-state index is 12.5. The summed E-state index contributed by atoms with van der Waals surface area (Å²) in [5, 5.41) is 14.9. The molecule has 31 heavy (non-hydrogen) atoms. The van der Waals surface area contributed by atoms with E-state index in [1.54, 1.807) is 16.7 Å². The van der Waals surface area contributed by atoms with Gasteiger partial charge in [-0.3, -0.25) is 9.59 Å². The molecule has 0 aliphatic carbocycles. The average molecular weight is 438 g/mol. The third-order valence-corrected chi connectivity index (χ3v) is 5.93. The van der Waals surface area contributed by atoms with E-state index in [2.05, 4.69) is 20.8 Å². The molecule has 0 saturated heterocycles. The molecule has 1 aromatic heterocycles. The summed E-state index contributed by atoms with van der Waals surface area (Å²) in [5.41, 5.74) is 4.68. The summed E-state index contributed by atoms with van der Waals surface area (Å²) in [7, 11) is 1.83. The van der Waals surface area contributed by atoms with Gasteiger partial charge in [-0.2, -0.15) is 0 Å². The second-order valence-electron chi connectivity index (χ2n) is 7.62. The highest BCUT2D eigenvalue weighted by molar-refractivity contribution is 7.99. The number of benzene rings is 2. The highest BCUT2D eigenvalue weighted by atomic mass is 32.2. The van der Waals surface area contributed by atoms with Gasteiger partial charge in [0.1, 0.15) is 0 Å². The largest absolute Gasteiger partial charge is 0.342 e. The van der Waals surface area contributed by atoms with E-state index >= 15 is 0 Å². The van der Waals surface area contributed by atoms with E-state index in [-0.39, 0.29) is 23.6 Å². The Morgan fingerprint density at radius 3 is 2.39 bits per heavy atom. The van der Waals surface area contributed by atoms with Crippen LogP contribution in [0.1, 0.15) is 45.8 Å². The molecule has 3 rings (SSSR count). The van der Waals surface area contributed by atoms with Crippen LogP contribution in [0.2, 0.25) is 0 Å². The number of aryl methyl sites for hydroxylation is 3. The lowest BCUT2D eigenvalue weighted by Gasteiger charge is -2.14. The molecule has 1 heterocycles. The standard InChI is InChI=1S/C23H27N5O2S/c1-14-6-9-18(10-7-14)22(30)24-17(4)21-26-27-23(28(21)5)31-13-20(29)25-19-11-8-15(2)12-16(19)3/h6-12,17H,13H2,1-5H3,(H,24,30)(H,25,29)/t17-/m0/s1. The number of thioether (sulfide) groups is 1. The SMILES string of the molecule is Cc1ccc(C(=O)N[C@@H](C)c2nnc(SCC(=O)Nc3ccc(C)cc3C)n2C)cc1. The molecule has 0 bridgehead atoms. The first kappa shape index (κ1) is 22.6. The van der Waals surface area contributed by atoms with Gasteiger partial charge in [-0.15, -0.1) is 10.2 Å². The lowest BCUT2D eigenvalue weighted by atomic mass is 10.1. The number of anilines is 1. The smallest absolute Gasteiger partial charge is 0.251 e. The summed E-state index contributed by atoms with van der Waals surface area (Å²) >= 11 is 1.30. The third kappa shape index (κ3) is 5.73. The molecule has 2 amide bonds. The quantitative estimate of drug-likeness (QED) is 0.546. The van der Waals surface area contributed by atoms with Gasteiger partial charge in [-0.05, 0) is 51.5 Å². The number of amides is 2. The van der Waals surface area contributed by atoms with E-state index in [0.29, 0.717) is 16.5 Å². The Morgan fingerprint density at radius 2 is 1.71 bits per heavy atom. The van der Waals surface area contributed by atoms with Gasteiger partial charge in [-0.25, -0.2) is 0 Å². The summed E-state index contributed by atoms with van der Waals surface area (Å²) in [5.74, 6) is 0.557. The fourth-order valence-corrected chi connectivity index (χ4v) is 3.87. The van der Waals surface area contributed by atoms with Crippen LogP contribution in [-0.2, 0) is 11.8 Å². The molecule has 162 valence electrons. The predicted molar refractivity (Wildman–Crippen MR) is 123 cm³/mol. The molecule has 0 spiro atoms. The number of carbonyl (C=O) groups is 2. The average Bonchev–Trinajstić information content (AvgIpc) is 3.09. The highest BCUT2D eigenvalue weighted by Gasteiger charge is 2.19. The zero-order valence-electron chi connectivity index (χ0n) is 18.4. The molecule has 0 saturated carbocycles. The number of hydrogen-bond acceptors (Lipinski definition) is 5. The van der Waals surface area contributed by atoms with Gasteiger partial charge in [0.25, 0.3) is 5.91 Å². The maximum Gasteiger partial charge on any atom is 0.251 e. The molecule has 1 atom stereocenters. The van der Waals surface area contributed by atoms with E-state index in [4.69, 9.17) is 0 Å². The fraction of sp³-hybridized carbons (Fsp3) is 0.304. The summed E-state index contributed by atoms with van der Waals surface area (Å²) in [6.45, 7) is 7.82. The number of hydrogen-bond donors (Lipinski definition) is 2. The Morgan fingerprint density at radius 1 is 1.03 bits per heavy atom. The Bertz CT molecular complexity index is 1090. The van der Waals surface area contributed by atoms with E-state index < -0.39 is 0 Å². The molecule has 0 aliphatic heterocycles. The number of aromatic nitrogens is 3. The highest BCUT2D eigenvalue weighted by Crippen LogP contribution is 2.21. The van der Waals surface area contributed by atoms with Crippen molar-refractivity contribution in [1.29, 1.82) is 0 Å². The van der Waals surface area contributed by atoms with Crippen molar-refractivity contribution in [2.45, 2.75) is 38.9 Å². The Hall–Kier alpha value is -3.13. The van der Waals surface area contributed by atoms with Crippen molar-refractivity contribution in [3.05, 3.63) is 70.5 Å². The van der Waals surface area contributed by atoms with Gasteiger partial charge >= 0.3 is 0 Å². The van der Waals surface area contributed by atoms with E-state index in [1.807, 2.05) is 65.1 Å². The molecule has 0 unspecified atom stereocenters. The van der Waals surface area contributed by atoms with Crippen molar-refractivity contribution in [1.82, 2.24) is 20.1 Å². The van der Waals surface area contributed by atoms with Gasteiger partial charge in [-0.1, -0.05) is 47.2 Å². The van der Waals surface area contributed by atoms with Crippen LogP contribution in [0.25, 0.3) is 0 Å². The molecular formula is C23H27N5O2S. The van der Waals surface area contributed by atoms with Crippen molar-refractivity contribution in [2.24, 2.45) is 7.05 Å². The van der Waals surface area contributed by atoms with Crippen molar-refractivity contribution in [3.63, 3.8) is 0 Å². The summed E-state index contributed by atoms with van der Waals surface area (Å²) in [6, 6.07) is 13.0.